The topological polar surface area (TPSA) is 32.3 Å². The van der Waals surface area contributed by atoms with Crippen molar-refractivity contribution in [2.45, 2.75) is 25.7 Å². The maximum atomic E-state index is 12.1. The van der Waals surface area contributed by atoms with Gasteiger partial charge in [0.15, 0.2) is 0 Å². The molecule has 0 aliphatic carbocycles. The second-order valence-corrected chi connectivity index (χ2v) is 7.15. The first-order chi connectivity index (χ1) is 11.7. The Kier molecular flexibility index (Phi) is 5.91. The van der Waals surface area contributed by atoms with Crippen LogP contribution in [0.15, 0.2) is 53.0 Å². The first kappa shape index (κ1) is 17.0. The molecule has 2 aromatic carbocycles. The zero-order chi connectivity index (χ0) is 16.8. The van der Waals surface area contributed by atoms with Crippen LogP contribution in [0.25, 0.3) is 0 Å². The minimum absolute atomic E-state index is 0.0266. The van der Waals surface area contributed by atoms with Gasteiger partial charge in [0, 0.05) is 35.4 Å². The molecule has 0 radical (unpaired) electrons. The number of carbonyl (C=O) groups excluding carboxylic acids is 1. The smallest absolute Gasteiger partial charge is 0.251 e. The highest BCUT2D eigenvalue weighted by atomic mass is 79.9. The third kappa shape index (κ3) is 4.60. The van der Waals surface area contributed by atoms with Gasteiger partial charge in [0.25, 0.3) is 5.91 Å². The monoisotopic (exact) mass is 386 g/mol. The highest BCUT2D eigenvalue weighted by Crippen LogP contribution is 2.20. The summed E-state index contributed by atoms with van der Waals surface area (Å²) >= 11 is 3.39. The molecule has 0 bridgehead atoms. The number of piperidine rings is 1. The Morgan fingerprint density at radius 2 is 1.79 bits per heavy atom. The molecular weight excluding hydrogens is 364 g/mol. The molecule has 0 atom stereocenters. The molecule has 1 N–H and O–H groups in total. The Hall–Kier alpha value is -1.81. The zero-order valence-electron chi connectivity index (χ0n) is 13.8. The van der Waals surface area contributed by atoms with Gasteiger partial charge >= 0.3 is 0 Å². The minimum atomic E-state index is -0.0266. The summed E-state index contributed by atoms with van der Waals surface area (Å²) < 4.78 is 0.920. The van der Waals surface area contributed by atoms with Crippen molar-refractivity contribution in [2.75, 3.05) is 24.5 Å². The van der Waals surface area contributed by atoms with Gasteiger partial charge < -0.3 is 10.2 Å². The second kappa shape index (κ2) is 8.34. The molecule has 3 rings (SSSR count). The molecule has 1 fully saturated rings. The number of halogens is 1. The normalized spacial score (nSPS) is 14.5. The fourth-order valence-corrected chi connectivity index (χ4v) is 3.48. The lowest BCUT2D eigenvalue weighted by atomic mass is 10.1. The highest BCUT2D eigenvalue weighted by Gasteiger charge is 2.10. The maximum Gasteiger partial charge on any atom is 0.251 e. The Morgan fingerprint density at radius 1 is 1.04 bits per heavy atom. The SMILES string of the molecule is O=C(NCCc1ccc(N2CCCCC2)cc1)c1cccc(Br)c1. The highest BCUT2D eigenvalue weighted by molar-refractivity contribution is 9.10. The van der Waals surface area contributed by atoms with Crippen LogP contribution >= 0.6 is 15.9 Å². The standard InChI is InChI=1S/C20H23BrN2O/c21-18-6-4-5-17(15-18)20(24)22-12-11-16-7-9-19(10-8-16)23-13-2-1-3-14-23/h4-10,15H,1-3,11-14H2,(H,22,24). The number of nitrogens with one attached hydrogen (secondary N) is 1. The third-order valence-electron chi connectivity index (χ3n) is 4.44. The lowest BCUT2D eigenvalue weighted by molar-refractivity contribution is 0.0954. The lowest BCUT2D eigenvalue weighted by Gasteiger charge is -2.28. The average molecular weight is 387 g/mol. The fraction of sp³-hybridized carbons (Fsp3) is 0.350. The minimum Gasteiger partial charge on any atom is -0.372 e. The van der Waals surface area contributed by atoms with Crippen LogP contribution in [0.5, 0.6) is 0 Å². The Morgan fingerprint density at radius 3 is 2.50 bits per heavy atom. The number of anilines is 1. The third-order valence-corrected chi connectivity index (χ3v) is 4.94. The van der Waals surface area contributed by atoms with Crippen molar-refractivity contribution in [3.63, 3.8) is 0 Å². The Labute approximate surface area is 152 Å². The van der Waals surface area contributed by atoms with Crippen molar-refractivity contribution in [2.24, 2.45) is 0 Å². The predicted molar refractivity (Wildman–Crippen MR) is 103 cm³/mol. The molecule has 1 aliphatic rings. The van der Waals surface area contributed by atoms with Crippen LogP contribution in [0.1, 0.15) is 35.2 Å². The van der Waals surface area contributed by atoms with Gasteiger partial charge in [0.05, 0.1) is 0 Å². The summed E-state index contributed by atoms with van der Waals surface area (Å²) in [5.74, 6) is -0.0266. The van der Waals surface area contributed by atoms with E-state index in [9.17, 15) is 4.79 Å². The number of nitrogens with zero attached hydrogens (tertiary/aromatic N) is 1. The number of benzene rings is 2. The molecule has 0 aromatic heterocycles. The van der Waals surface area contributed by atoms with Crippen molar-refractivity contribution >= 4 is 27.5 Å². The average Bonchev–Trinajstić information content (AvgIpc) is 2.63. The van der Waals surface area contributed by atoms with Crippen molar-refractivity contribution < 1.29 is 4.79 Å². The van der Waals surface area contributed by atoms with Crippen LogP contribution < -0.4 is 10.2 Å². The van der Waals surface area contributed by atoms with E-state index in [1.807, 2.05) is 24.3 Å². The number of carbonyl (C=O) groups is 1. The van der Waals surface area contributed by atoms with Gasteiger partial charge in [-0.05, 0) is 61.6 Å². The number of rotatable bonds is 5. The molecule has 2 aromatic rings. The molecule has 0 spiro atoms. The lowest BCUT2D eigenvalue weighted by Crippen LogP contribution is -2.29. The Bertz CT molecular complexity index is 678. The van der Waals surface area contributed by atoms with Crippen molar-refractivity contribution in [3.8, 4) is 0 Å². The molecule has 1 saturated heterocycles. The Balaban J connectivity index is 1.49. The van der Waals surface area contributed by atoms with Gasteiger partial charge in [-0.15, -0.1) is 0 Å². The van der Waals surface area contributed by atoms with Crippen LogP contribution in [0.4, 0.5) is 5.69 Å². The van der Waals surface area contributed by atoms with Crippen LogP contribution in [0.2, 0.25) is 0 Å². The van der Waals surface area contributed by atoms with E-state index in [1.165, 1.54) is 43.6 Å². The molecule has 24 heavy (non-hydrogen) atoms. The molecular formula is C20H23BrN2O. The molecule has 1 amide bonds. The summed E-state index contributed by atoms with van der Waals surface area (Å²) in [6.07, 6.45) is 4.79. The van der Waals surface area contributed by atoms with E-state index in [-0.39, 0.29) is 5.91 Å². The molecule has 4 heteroatoms. The van der Waals surface area contributed by atoms with Gasteiger partial charge in [0.1, 0.15) is 0 Å². The van der Waals surface area contributed by atoms with Crippen molar-refractivity contribution in [1.29, 1.82) is 0 Å². The molecule has 0 saturated carbocycles. The molecule has 3 nitrogen and oxygen atoms in total. The van der Waals surface area contributed by atoms with Gasteiger partial charge in [-0.25, -0.2) is 0 Å². The predicted octanol–water partition coefficient (Wildman–Crippen LogP) is 4.41. The maximum absolute atomic E-state index is 12.1. The molecule has 1 aliphatic heterocycles. The second-order valence-electron chi connectivity index (χ2n) is 6.23. The molecule has 126 valence electrons. The van der Waals surface area contributed by atoms with E-state index in [4.69, 9.17) is 0 Å². The van der Waals surface area contributed by atoms with Gasteiger partial charge in [-0.3, -0.25) is 4.79 Å². The summed E-state index contributed by atoms with van der Waals surface area (Å²) in [6, 6.07) is 16.2. The van der Waals surface area contributed by atoms with E-state index >= 15 is 0 Å². The summed E-state index contributed by atoms with van der Waals surface area (Å²) in [5, 5.41) is 2.98. The first-order valence-corrected chi connectivity index (χ1v) is 9.39. The first-order valence-electron chi connectivity index (χ1n) is 8.60. The largest absolute Gasteiger partial charge is 0.372 e. The molecule has 0 unspecified atom stereocenters. The summed E-state index contributed by atoms with van der Waals surface area (Å²) in [4.78, 5) is 14.6. The van der Waals surface area contributed by atoms with E-state index in [2.05, 4.69) is 50.4 Å². The van der Waals surface area contributed by atoms with Crippen LogP contribution in [-0.4, -0.2) is 25.5 Å². The summed E-state index contributed by atoms with van der Waals surface area (Å²) in [5.41, 5.74) is 3.26. The van der Waals surface area contributed by atoms with Gasteiger partial charge in [-0.2, -0.15) is 0 Å². The van der Waals surface area contributed by atoms with Crippen LogP contribution in [-0.2, 0) is 6.42 Å². The fourth-order valence-electron chi connectivity index (χ4n) is 3.08. The quantitative estimate of drug-likeness (QED) is 0.824. The van der Waals surface area contributed by atoms with E-state index < -0.39 is 0 Å². The van der Waals surface area contributed by atoms with Gasteiger partial charge in [-0.1, -0.05) is 34.1 Å². The number of amides is 1. The number of hydrogen-bond donors (Lipinski definition) is 1. The van der Waals surface area contributed by atoms with E-state index in [1.54, 1.807) is 0 Å². The zero-order valence-corrected chi connectivity index (χ0v) is 15.4. The van der Waals surface area contributed by atoms with Crippen LogP contribution in [0.3, 0.4) is 0 Å². The summed E-state index contributed by atoms with van der Waals surface area (Å²) in [7, 11) is 0. The van der Waals surface area contributed by atoms with E-state index in [0.717, 1.165) is 10.9 Å². The molecule has 1 heterocycles. The van der Waals surface area contributed by atoms with E-state index in [0.29, 0.717) is 12.1 Å². The summed E-state index contributed by atoms with van der Waals surface area (Å²) in [6.45, 7) is 2.98. The van der Waals surface area contributed by atoms with Crippen molar-refractivity contribution in [1.82, 2.24) is 5.32 Å². The van der Waals surface area contributed by atoms with Gasteiger partial charge in [0.2, 0.25) is 0 Å². The van der Waals surface area contributed by atoms with Crippen molar-refractivity contribution in [3.05, 3.63) is 64.1 Å². The van der Waals surface area contributed by atoms with Crippen LogP contribution in [0, 0.1) is 0 Å². The number of hydrogen-bond acceptors (Lipinski definition) is 2.